The molecule has 1 aromatic rings. The van der Waals surface area contributed by atoms with Gasteiger partial charge in [0, 0.05) is 23.7 Å². The van der Waals surface area contributed by atoms with Gasteiger partial charge in [0.1, 0.15) is 0 Å². The summed E-state index contributed by atoms with van der Waals surface area (Å²) in [6.07, 6.45) is 16.2. The average Bonchev–Trinajstić information content (AvgIpc) is 3.19. The van der Waals surface area contributed by atoms with Crippen LogP contribution in [0.15, 0.2) is 11.8 Å². The molecule has 0 bridgehead atoms. The lowest BCUT2D eigenvalue weighted by molar-refractivity contribution is -0.137. The third-order valence-electron chi connectivity index (χ3n) is 9.86. The van der Waals surface area contributed by atoms with Crippen LogP contribution in [0.3, 0.4) is 0 Å². The Kier molecular flexibility index (Phi) is 4.60. The Morgan fingerprint density at radius 3 is 2.72 bits per heavy atom. The maximum absolute atomic E-state index is 13.6. The number of nitrogens with zero attached hydrogens (tertiary/aromatic N) is 2. The number of Topliss-reactive ketones (excluding diaryl/α,β-unsaturated/α-hetero) is 1. The van der Waals surface area contributed by atoms with Crippen molar-refractivity contribution in [2.45, 2.75) is 92.0 Å². The highest BCUT2D eigenvalue weighted by atomic mass is 16.1. The van der Waals surface area contributed by atoms with Gasteiger partial charge in [-0.1, -0.05) is 26.7 Å². The summed E-state index contributed by atoms with van der Waals surface area (Å²) in [5, 5.41) is 4.58. The van der Waals surface area contributed by atoms with E-state index >= 15 is 0 Å². The number of hydrogen-bond acceptors (Lipinski definition) is 2. The number of aromatic nitrogens is 2. The first-order valence-electron chi connectivity index (χ1n) is 12.2. The number of allylic oxidation sites excluding steroid dienone is 1. The lowest BCUT2D eigenvalue weighted by Crippen LogP contribution is -2.52. The van der Waals surface area contributed by atoms with E-state index in [1.54, 1.807) is 0 Å². The number of aryl methyl sites for hydroxylation is 2. The van der Waals surface area contributed by atoms with Crippen molar-refractivity contribution in [3.8, 4) is 0 Å². The molecule has 158 valence electrons. The van der Waals surface area contributed by atoms with E-state index in [-0.39, 0.29) is 5.41 Å². The molecule has 0 spiro atoms. The Hall–Kier alpha value is -1.38. The Labute approximate surface area is 176 Å². The van der Waals surface area contributed by atoms with Crippen LogP contribution in [0.4, 0.5) is 0 Å². The molecule has 4 aliphatic rings. The number of rotatable bonds is 2. The van der Waals surface area contributed by atoms with Crippen molar-refractivity contribution < 1.29 is 4.79 Å². The minimum absolute atomic E-state index is 0.125. The van der Waals surface area contributed by atoms with E-state index in [1.165, 1.54) is 44.9 Å². The maximum Gasteiger partial charge on any atom is 0.165 e. The van der Waals surface area contributed by atoms with Crippen molar-refractivity contribution in [3.05, 3.63) is 23.0 Å². The quantitative estimate of drug-likeness (QED) is 0.559. The minimum Gasteiger partial charge on any atom is -0.294 e. The predicted octanol–water partition coefficient (Wildman–Crippen LogP) is 6.21. The van der Waals surface area contributed by atoms with E-state index in [2.05, 4.69) is 45.1 Å². The fourth-order valence-corrected chi connectivity index (χ4v) is 8.12. The average molecular weight is 395 g/mol. The van der Waals surface area contributed by atoms with Crippen LogP contribution < -0.4 is 0 Å². The molecule has 3 nitrogen and oxygen atoms in total. The van der Waals surface area contributed by atoms with Gasteiger partial charge in [-0.15, -0.1) is 0 Å². The maximum atomic E-state index is 13.6. The lowest BCUT2D eigenvalue weighted by atomic mass is 9.45. The molecule has 4 fully saturated rings. The van der Waals surface area contributed by atoms with Crippen molar-refractivity contribution >= 4 is 11.9 Å². The van der Waals surface area contributed by atoms with Gasteiger partial charge in [0.05, 0.1) is 5.69 Å². The van der Waals surface area contributed by atoms with Gasteiger partial charge in [0.25, 0.3) is 0 Å². The third-order valence-corrected chi connectivity index (χ3v) is 9.86. The van der Waals surface area contributed by atoms with Crippen LogP contribution in [-0.4, -0.2) is 15.6 Å². The van der Waals surface area contributed by atoms with Crippen LogP contribution in [-0.2, 0) is 11.3 Å². The smallest absolute Gasteiger partial charge is 0.165 e. The normalized spacial score (nSPS) is 43.2. The number of fused-ring (bicyclic) bond motifs is 5. The summed E-state index contributed by atoms with van der Waals surface area (Å²) in [6.45, 7) is 9.97. The Morgan fingerprint density at radius 1 is 1.14 bits per heavy atom. The van der Waals surface area contributed by atoms with E-state index in [4.69, 9.17) is 0 Å². The molecule has 29 heavy (non-hydrogen) atoms. The summed E-state index contributed by atoms with van der Waals surface area (Å²) < 4.78 is 1.98. The van der Waals surface area contributed by atoms with Gasteiger partial charge in [-0.05, 0) is 99.5 Å². The molecular formula is C26H38N2O. The first-order chi connectivity index (χ1) is 13.9. The zero-order valence-electron chi connectivity index (χ0n) is 18.8. The standard InChI is InChI=1S/C26H38N2O/c1-5-28-16-19(17(2)27-28)14-18-15-23-21-10-9-20-8-6-7-12-25(20,3)22(21)11-13-26(23,4)24(18)29/h14,16,20-23H,5-13,15H2,1-4H3. The van der Waals surface area contributed by atoms with E-state index in [0.29, 0.717) is 17.1 Å². The van der Waals surface area contributed by atoms with Crippen LogP contribution in [0.25, 0.3) is 6.08 Å². The van der Waals surface area contributed by atoms with Gasteiger partial charge in [0.2, 0.25) is 0 Å². The van der Waals surface area contributed by atoms with Crippen molar-refractivity contribution in [2.75, 3.05) is 0 Å². The molecule has 0 N–H and O–H groups in total. The second kappa shape index (κ2) is 6.82. The number of hydrogen-bond donors (Lipinski definition) is 0. The number of carbonyl (C=O) groups is 1. The van der Waals surface area contributed by atoms with E-state index in [1.807, 2.05) is 4.68 Å². The summed E-state index contributed by atoms with van der Waals surface area (Å²) in [5.74, 6) is 3.54. The molecule has 1 heterocycles. The van der Waals surface area contributed by atoms with Crippen molar-refractivity contribution in [2.24, 2.45) is 34.5 Å². The van der Waals surface area contributed by atoms with E-state index < -0.39 is 0 Å². The lowest BCUT2D eigenvalue weighted by Gasteiger charge is -2.59. The molecule has 0 aliphatic heterocycles. The second-order valence-corrected chi connectivity index (χ2v) is 11.1. The number of carbonyl (C=O) groups excluding carboxylic acids is 1. The predicted molar refractivity (Wildman–Crippen MR) is 117 cm³/mol. The molecule has 6 atom stereocenters. The fraction of sp³-hybridized carbons (Fsp3) is 0.769. The molecule has 3 heteroatoms. The summed E-state index contributed by atoms with van der Waals surface area (Å²) in [6, 6.07) is 0. The molecule has 0 amide bonds. The zero-order chi connectivity index (χ0) is 20.4. The van der Waals surface area contributed by atoms with Gasteiger partial charge in [0.15, 0.2) is 5.78 Å². The highest BCUT2D eigenvalue weighted by molar-refractivity contribution is 6.06. The van der Waals surface area contributed by atoms with Crippen LogP contribution in [0.2, 0.25) is 0 Å². The van der Waals surface area contributed by atoms with Gasteiger partial charge in [-0.25, -0.2) is 0 Å². The molecule has 5 rings (SSSR count). The van der Waals surface area contributed by atoms with Crippen molar-refractivity contribution in [1.82, 2.24) is 9.78 Å². The van der Waals surface area contributed by atoms with E-state index in [0.717, 1.165) is 54.0 Å². The fourth-order valence-electron chi connectivity index (χ4n) is 8.12. The highest BCUT2D eigenvalue weighted by Gasteiger charge is 2.60. The third kappa shape index (κ3) is 2.82. The molecule has 0 radical (unpaired) electrons. The summed E-state index contributed by atoms with van der Waals surface area (Å²) >= 11 is 0. The summed E-state index contributed by atoms with van der Waals surface area (Å²) in [7, 11) is 0. The molecule has 1 aromatic heterocycles. The molecular weight excluding hydrogens is 356 g/mol. The Balaban J connectivity index is 1.46. The molecule has 6 unspecified atom stereocenters. The molecule has 4 saturated carbocycles. The monoisotopic (exact) mass is 394 g/mol. The summed E-state index contributed by atoms with van der Waals surface area (Å²) in [4.78, 5) is 13.6. The largest absolute Gasteiger partial charge is 0.294 e. The highest BCUT2D eigenvalue weighted by Crippen LogP contribution is 2.66. The van der Waals surface area contributed by atoms with Crippen molar-refractivity contribution in [3.63, 3.8) is 0 Å². The van der Waals surface area contributed by atoms with Crippen molar-refractivity contribution in [1.29, 1.82) is 0 Å². The SMILES string of the molecule is CCn1cc(C=C2CC3C4CCC5CCCCC5(C)C4CCC3(C)C2=O)c(C)n1. The number of ketones is 1. The van der Waals surface area contributed by atoms with Crippen LogP contribution in [0.5, 0.6) is 0 Å². The summed E-state index contributed by atoms with van der Waals surface area (Å²) in [5.41, 5.74) is 3.67. The van der Waals surface area contributed by atoms with Gasteiger partial charge in [-0.3, -0.25) is 9.48 Å². The van der Waals surface area contributed by atoms with Gasteiger partial charge >= 0.3 is 0 Å². The second-order valence-electron chi connectivity index (χ2n) is 11.1. The first-order valence-corrected chi connectivity index (χ1v) is 12.2. The van der Waals surface area contributed by atoms with Crippen LogP contribution in [0, 0.1) is 41.4 Å². The molecule has 0 saturated heterocycles. The van der Waals surface area contributed by atoms with E-state index in [9.17, 15) is 4.79 Å². The van der Waals surface area contributed by atoms with Gasteiger partial charge < -0.3 is 0 Å². The first kappa shape index (κ1) is 19.6. The zero-order valence-corrected chi connectivity index (χ0v) is 18.8. The molecule has 0 aromatic carbocycles. The van der Waals surface area contributed by atoms with Crippen LogP contribution in [0.1, 0.15) is 89.8 Å². The Morgan fingerprint density at radius 2 is 1.97 bits per heavy atom. The Bertz CT molecular complexity index is 851. The minimum atomic E-state index is -0.125. The van der Waals surface area contributed by atoms with Crippen LogP contribution >= 0.6 is 0 Å². The molecule has 4 aliphatic carbocycles. The topological polar surface area (TPSA) is 34.9 Å². The van der Waals surface area contributed by atoms with Gasteiger partial charge in [-0.2, -0.15) is 5.10 Å².